The van der Waals surface area contributed by atoms with E-state index in [0.29, 0.717) is 13.0 Å². The highest BCUT2D eigenvalue weighted by Gasteiger charge is 2.19. The summed E-state index contributed by atoms with van der Waals surface area (Å²) in [7, 11) is 0. The van der Waals surface area contributed by atoms with Gasteiger partial charge in [0.05, 0.1) is 11.9 Å². The van der Waals surface area contributed by atoms with Gasteiger partial charge in [0.15, 0.2) is 0 Å². The van der Waals surface area contributed by atoms with Gasteiger partial charge in [-0.25, -0.2) is 4.68 Å². The molecule has 2 heterocycles. The Balaban J connectivity index is 1.45. The first-order valence-electron chi connectivity index (χ1n) is 9.26. The molecule has 3 rings (SSSR count). The molecule has 1 aromatic heterocycles. The number of benzene rings is 1. The van der Waals surface area contributed by atoms with Crippen LogP contribution in [-0.4, -0.2) is 45.5 Å². The van der Waals surface area contributed by atoms with Gasteiger partial charge in [0.25, 0.3) is 11.8 Å². The van der Waals surface area contributed by atoms with Gasteiger partial charge in [0.2, 0.25) is 5.91 Å². The van der Waals surface area contributed by atoms with Crippen LogP contribution in [0.25, 0.3) is 11.8 Å². The first-order valence-corrected chi connectivity index (χ1v) is 9.26. The molecule has 1 saturated heterocycles. The fourth-order valence-corrected chi connectivity index (χ4v) is 2.91. The van der Waals surface area contributed by atoms with Crippen LogP contribution in [0, 0.1) is 0 Å². The Morgan fingerprint density at radius 1 is 1.11 bits per heavy atom. The molecule has 1 aromatic carbocycles. The normalized spacial score (nSPS) is 14.7. The van der Waals surface area contributed by atoms with Crippen LogP contribution in [0.2, 0.25) is 0 Å². The third-order valence-electron chi connectivity index (χ3n) is 4.38. The molecule has 1 fully saturated rings. The third kappa shape index (κ3) is 5.54. The minimum absolute atomic E-state index is 0.0192. The average molecular weight is 381 g/mol. The summed E-state index contributed by atoms with van der Waals surface area (Å²) in [4.78, 5) is 37.3. The lowest BCUT2D eigenvalue weighted by atomic mass is 10.2. The predicted octanol–water partition coefficient (Wildman–Crippen LogP) is 1.44. The lowest BCUT2D eigenvalue weighted by Gasteiger charge is -2.19. The summed E-state index contributed by atoms with van der Waals surface area (Å²) in [6.45, 7) is 0.526. The molecule has 0 radical (unpaired) electrons. The van der Waals surface area contributed by atoms with Crippen molar-refractivity contribution in [1.82, 2.24) is 25.5 Å². The Morgan fingerprint density at radius 3 is 2.75 bits per heavy atom. The van der Waals surface area contributed by atoms with Crippen LogP contribution in [0.4, 0.5) is 0 Å². The summed E-state index contributed by atoms with van der Waals surface area (Å²) < 4.78 is 1.71. The molecule has 1 aliphatic rings. The lowest BCUT2D eigenvalue weighted by Crippen LogP contribution is -2.47. The van der Waals surface area contributed by atoms with Crippen molar-refractivity contribution >= 4 is 23.8 Å². The van der Waals surface area contributed by atoms with E-state index < -0.39 is 11.8 Å². The van der Waals surface area contributed by atoms with Crippen molar-refractivity contribution in [2.24, 2.45) is 0 Å². The van der Waals surface area contributed by atoms with E-state index in [9.17, 15) is 14.4 Å². The Bertz CT molecular complexity index is 860. The second-order valence-electron chi connectivity index (χ2n) is 6.55. The highest BCUT2D eigenvalue weighted by atomic mass is 16.2. The molecule has 0 spiro atoms. The molecule has 2 aromatic rings. The second kappa shape index (κ2) is 9.50. The highest BCUT2D eigenvalue weighted by Crippen LogP contribution is 2.10. The van der Waals surface area contributed by atoms with E-state index in [4.69, 9.17) is 0 Å². The van der Waals surface area contributed by atoms with Crippen molar-refractivity contribution in [1.29, 1.82) is 0 Å². The Hall–Kier alpha value is -3.42. The summed E-state index contributed by atoms with van der Waals surface area (Å²) in [6.07, 6.45) is 9.56. The Kier molecular flexibility index (Phi) is 6.56. The molecule has 8 nitrogen and oxygen atoms in total. The summed E-state index contributed by atoms with van der Waals surface area (Å²) in [5.41, 5.74) is 6.32. The van der Waals surface area contributed by atoms with Gasteiger partial charge >= 0.3 is 0 Å². The van der Waals surface area contributed by atoms with E-state index in [2.05, 4.69) is 16.0 Å². The number of amides is 3. The van der Waals surface area contributed by atoms with E-state index in [1.807, 2.05) is 30.3 Å². The molecule has 0 unspecified atom stereocenters. The van der Waals surface area contributed by atoms with Crippen molar-refractivity contribution in [3.63, 3.8) is 0 Å². The minimum Gasteiger partial charge on any atom is -0.333 e. The van der Waals surface area contributed by atoms with Gasteiger partial charge in [-0.3, -0.25) is 25.2 Å². The fourth-order valence-electron chi connectivity index (χ4n) is 2.91. The number of aromatic nitrogens is 2. The first-order chi connectivity index (χ1) is 13.6. The molecule has 0 aliphatic carbocycles. The van der Waals surface area contributed by atoms with Crippen LogP contribution < -0.4 is 10.9 Å². The number of nitrogens with one attached hydrogen (secondary N) is 2. The molecular weight excluding hydrogens is 358 g/mol. The number of para-hydroxylation sites is 1. The molecule has 0 atom stereocenters. The molecule has 0 saturated carbocycles. The van der Waals surface area contributed by atoms with Gasteiger partial charge in [-0.05, 0) is 31.1 Å². The summed E-state index contributed by atoms with van der Waals surface area (Å²) in [6, 6.07) is 9.62. The maximum atomic E-state index is 12.0. The van der Waals surface area contributed by atoms with Crippen molar-refractivity contribution in [3.8, 4) is 5.69 Å². The molecule has 0 bridgehead atoms. The second-order valence-corrected chi connectivity index (χ2v) is 6.55. The lowest BCUT2D eigenvalue weighted by molar-refractivity contribution is -0.136. The van der Waals surface area contributed by atoms with Crippen LogP contribution in [0.3, 0.4) is 0 Å². The Morgan fingerprint density at radius 2 is 1.93 bits per heavy atom. The number of rotatable bonds is 5. The van der Waals surface area contributed by atoms with E-state index >= 15 is 0 Å². The van der Waals surface area contributed by atoms with Crippen molar-refractivity contribution < 1.29 is 14.4 Å². The van der Waals surface area contributed by atoms with E-state index in [0.717, 1.165) is 30.5 Å². The van der Waals surface area contributed by atoms with Gasteiger partial charge in [-0.2, -0.15) is 5.10 Å². The van der Waals surface area contributed by atoms with Crippen LogP contribution in [0.1, 0.15) is 31.2 Å². The van der Waals surface area contributed by atoms with Gasteiger partial charge in [0.1, 0.15) is 6.54 Å². The van der Waals surface area contributed by atoms with E-state index in [1.165, 1.54) is 11.0 Å². The van der Waals surface area contributed by atoms with Gasteiger partial charge in [-0.15, -0.1) is 0 Å². The molecule has 8 heteroatoms. The minimum atomic E-state index is -0.469. The monoisotopic (exact) mass is 381 g/mol. The van der Waals surface area contributed by atoms with E-state index in [-0.39, 0.29) is 12.5 Å². The number of likely N-dealkylation sites (tertiary alicyclic amines) is 1. The van der Waals surface area contributed by atoms with Crippen LogP contribution in [0.5, 0.6) is 0 Å². The number of carbonyl (C=O) groups excluding carboxylic acids is 3. The third-order valence-corrected chi connectivity index (χ3v) is 4.38. The molecule has 2 N–H and O–H groups in total. The number of hydrazine groups is 1. The largest absolute Gasteiger partial charge is 0.333 e. The summed E-state index contributed by atoms with van der Waals surface area (Å²) >= 11 is 0. The maximum Gasteiger partial charge on any atom is 0.262 e. The number of hydrogen-bond donors (Lipinski definition) is 2. The van der Waals surface area contributed by atoms with E-state index in [1.54, 1.807) is 23.2 Å². The molecular formula is C20H23N5O3. The number of nitrogens with zero attached hydrogens (tertiary/aromatic N) is 3. The maximum absolute atomic E-state index is 12.0. The highest BCUT2D eigenvalue weighted by molar-refractivity contribution is 5.93. The number of hydrogen-bond acceptors (Lipinski definition) is 4. The zero-order valence-electron chi connectivity index (χ0n) is 15.5. The smallest absolute Gasteiger partial charge is 0.262 e. The van der Waals surface area contributed by atoms with Gasteiger partial charge in [0, 0.05) is 30.8 Å². The average Bonchev–Trinajstić information content (AvgIpc) is 3.10. The summed E-state index contributed by atoms with van der Waals surface area (Å²) in [5.74, 6) is -0.911. The molecule has 1 aliphatic heterocycles. The van der Waals surface area contributed by atoms with Crippen LogP contribution >= 0.6 is 0 Å². The van der Waals surface area contributed by atoms with Crippen molar-refractivity contribution in [2.45, 2.75) is 25.7 Å². The van der Waals surface area contributed by atoms with Crippen LogP contribution in [-0.2, 0) is 14.4 Å². The van der Waals surface area contributed by atoms with Crippen LogP contribution in [0.15, 0.2) is 48.8 Å². The Labute approximate surface area is 163 Å². The molecule has 146 valence electrons. The molecule has 3 amide bonds. The first kappa shape index (κ1) is 19.3. The van der Waals surface area contributed by atoms with Gasteiger partial charge in [-0.1, -0.05) is 24.6 Å². The topological polar surface area (TPSA) is 96.3 Å². The SMILES string of the molecule is O=C(/C=C/c1cnn(-c2ccccc2)c1)NNC(=O)CN1CCCCCC1=O. The zero-order valence-corrected chi connectivity index (χ0v) is 15.5. The van der Waals surface area contributed by atoms with Crippen molar-refractivity contribution in [2.75, 3.05) is 13.1 Å². The van der Waals surface area contributed by atoms with Gasteiger partial charge < -0.3 is 4.90 Å². The standard InChI is InChI=1S/C20H23N5O3/c26-18(22-23-19(27)15-24-12-6-2-5-9-20(24)28)11-10-16-13-21-25(14-16)17-7-3-1-4-8-17/h1,3-4,7-8,10-11,13-14H,2,5-6,9,12,15H2,(H,22,26)(H,23,27)/b11-10+. The van der Waals surface area contributed by atoms with Crippen molar-refractivity contribution in [3.05, 3.63) is 54.4 Å². The molecule has 28 heavy (non-hydrogen) atoms. The quantitative estimate of drug-likeness (QED) is 0.605. The predicted molar refractivity (Wildman–Crippen MR) is 104 cm³/mol. The zero-order chi connectivity index (χ0) is 19.8. The fraction of sp³-hybridized carbons (Fsp3) is 0.300. The summed E-state index contributed by atoms with van der Waals surface area (Å²) in [5, 5.41) is 4.24. The number of carbonyl (C=O) groups is 3.